The van der Waals surface area contributed by atoms with Gasteiger partial charge in [-0.05, 0) is 102 Å². The standard InChI is InChI=1S/C92H93N3O23/c1-62(96)51-52-74(97)112-75-73(61-109-85(98)68-43-23-9-24-44-68)111-91(83(114-87(100)70-47-27-11-28-48-70)77(75)105-56-64-35-15-5-16-36-64)117-80-79(107-58-66-39-19-7-20-40-66)81(89(102)108-59-67-41-21-8-22-42-67)118-92(84(80)115-88(101)71-49-29-12-30-50-71)116-76-72(60-103-55-63-33-13-4-14-34-63)110-90(104-54-32-3-2-31-53-94-95-93)82(113-86(99)69-45-25-10-26-46-69)78(76)106-57-65-37-17-6-18-38-65/h4-30,33-50,72-73,75-84,90-92H,2-3,31-32,51-61H2,1H3/t72-,73-,75-,76-,77+,78+,79+,80+,81+,82-,83-,84-,90-,91+,92-/m1/s1. The molecule has 3 aliphatic heterocycles. The highest BCUT2D eigenvalue weighted by Crippen LogP contribution is 2.41. The summed E-state index contributed by atoms with van der Waals surface area (Å²) in [7, 11) is 0. The highest BCUT2D eigenvalue weighted by atomic mass is 16.8. The van der Waals surface area contributed by atoms with Crippen molar-refractivity contribution in [2.24, 2.45) is 5.11 Å². The van der Waals surface area contributed by atoms with E-state index < -0.39 is 141 Å². The van der Waals surface area contributed by atoms with E-state index in [0.29, 0.717) is 54.5 Å². The summed E-state index contributed by atoms with van der Waals surface area (Å²) in [6.45, 7) is -0.415. The molecule has 118 heavy (non-hydrogen) atoms. The molecule has 26 nitrogen and oxygen atoms in total. The van der Waals surface area contributed by atoms with Gasteiger partial charge in [0.25, 0.3) is 0 Å². The lowest BCUT2D eigenvalue weighted by molar-refractivity contribution is -0.382. The minimum Gasteiger partial charge on any atom is -0.459 e. The third-order valence-corrected chi connectivity index (χ3v) is 19.6. The second-order valence-corrected chi connectivity index (χ2v) is 28.2. The van der Waals surface area contributed by atoms with Crippen LogP contribution in [-0.4, -0.2) is 160 Å². The second kappa shape index (κ2) is 45.2. The third-order valence-electron chi connectivity index (χ3n) is 19.6. The number of benzene rings is 9. The molecule has 12 rings (SSSR count). The summed E-state index contributed by atoms with van der Waals surface area (Å²) < 4.78 is 110. The van der Waals surface area contributed by atoms with Gasteiger partial charge in [0.2, 0.25) is 0 Å². The molecular weight excluding hydrogens is 1520 g/mol. The van der Waals surface area contributed by atoms with Crippen molar-refractivity contribution in [3.05, 3.63) is 334 Å². The molecule has 3 heterocycles. The predicted octanol–water partition coefficient (Wildman–Crippen LogP) is 14.3. The van der Waals surface area contributed by atoms with Crippen LogP contribution in [-0.2, 0) is 123 Å². The number of hydrogen-bond acceptors (Lipinski definition) is 24. The highest BCUT2D eigenvalue weighted by Gasteiger charge is 2.61. The molecule has 0 amide bonds. The number of rotatable bonds is 41. The molecule has 3 fully saturated rings. The number of ketones is 1. The molecule has 9 aromatic rings. The van der Waals surface area contributed by atoms with Gasteiger partial charge < -0.3 is 80.6 Å². The highest BCUT2D eigenvalue weighted by molar-refractivity contribution is 5.91. The average molecular weight is 1610 g/mol. The number of hydrogen-bond donors (Lipinski definition) is 0. The molecule has 0 saturated carbocycles. The van der Waals surface area contributed by atoms with Crippen LogP contribution in [0.2, 0.25) is 0 Å². The van der Waals surface area contributed by atoms with Crippen molar-refractivity contribution in [3.63, 3.8) is 0 Å². The van der Waals surface area contributed by atoms with Crippen LogP contribution in [0.3, 0.4) is 0 Å². The van der Waals surface area contributed by atoms with Crippen LogP contribution < -0.4 is 0 Å². The van der Waals surface area contributed by atoms with E-state index in [-0.39, 0.29) is 80.7 Å². The maximum absolute atomic E-state index is 16.0. The van der Waals surface area contributed by atoms with Crippen molar-refractivity contribution < 1.29 is 109 Å². The summed E-state index contributed by atoms with van der Waals surface area (Å²) >= 11 is 0. The Labute approximate surface area is 683 Å². The third kappa shape index (κ3) is 25.2. The Hall–Kier alpha value is -11.6. The molecule has 26 heteroatoms. The molecule has 3 saturated heterocycles. The Morgan fingerprint density at radius 3 is 1.20 bits per heavy atom. The van der Waals surface area contributed by atoms with Gasteiger partial charge >= 0.3 is 35.8 Å². The van der Waals surface area contributed by atoms with Gasteiger partial charge in [0.15, 0.2) is 49.4 Å². The van der Waals surface area contributed by atoms with E-state index in [0.717, 1.165) is 5.56 Å². The number of esters is 6. The number of azide groups is 1. The van der Waals surface area contributed by atoms with Gasteiger partial charge in [-0.25, -0.2) is 24.0 Å². The summed E-state index contributed by atoms with van der Waals surface area (Å²) in [5, 5.41) is 3.69. The molecule has 0 spiro atoms. The van der Waals surface area contributed by atoms with Gasteiger partial charge in [-0.1, -0.05) is 242 Å². The van der Waals surface area contributed by atoms with Crippen LogP contribution in [0.15, 0.2) is 278 Å². The Balaban J connectivity index is 1.05. The number of carbonyl (C=O) groups is 7. The first kappa shape index (κ1) is 85.7. The molecule has 0 aromatic heterocycles. The molecular formula is C92H93N3O23. The van der Waals surface area contributed by atoms with E-state index in [9.17, 15) is 19.2 Å². The average Bonchev–Trinajstić information content (AvgIpc) is 0.753. The van der Waals surface area contributed by atoms with E-state index >= 15 is 14.4 Å². The minimum atomic E-state index is -2.11. The second-order valence-electron chi connectivity index (χ2n) is 28.2. The van der Waals surface area contributed by atoms with Crippen LogP contribution in [0.25, 0.3) is 10.4 Å². The molecule has 0 radical (unpaired) electrons. The van der Waals surface area contributed by atoms with E-state index in [1.54, 1.807) is 176 Å². The summed E-state index contributed by atoms with van der Waals surface area (Å²) in [4.78, 5) is 106. The fourth-order valence-corrected chi connectivity index (χ4v) is 13.5. The van der Waals surface area contributed by atoms with Crippen LogP contribution in [0.5, 0.6) is 0 Å². The van der Waals surface area contributed by atoms with Crippen molar-refractivity contribution in [2.75, 3.05) is 26.4 Å². The first-order chi connectivity index (χ1) is 57.8. The summed E-state index contributed by atoms with van der Waals surface area (Å²) in [6, 6.07) is 77.1. The molecule has 614 valence electrons. The number of nitrogens with zero attached hydrogens (tertiary/aromatic N) is 3. The zero-order valence-corrected chi connectivity index (χ0v) is 65.0. The van der Waals surface area contributed by atoms with Crippen molar-refractivity contribution in [2.45, 2.75) is 171 Å². The van der Waals surface area contributed by atoms with E-state index in [1.807, 2.05) is 60.7 Å². The molecule has 9 aromatic carbocycles. The number of Topliss-reactive ketones (excluding diaryl/α,β-unsaturated/α-hetero) is 1. The maximum Gasteiger partial charge on any atom is 0.338 e. The van der Waals surface area contributed by atoms with E-state index in [1.165, 1.54) is 43.3 Å². The Bertz CT molecular complexity index is 4640. The smallest absolute Gasteiger partial charge is 0.338 e. The van der Waals surface area contributed by atoms with Crippen LogP contribution in [0, 0.1) is 0 Å². The van der Waals surface area contributed by atoms with Crippen molar-refractivity contribution in [1.82, 2.24) is 0 Å². The van der Waals surface area contributed by atoms with E-state index in [2.05, 4.69) is 10.0 Å². The van der Waals surface area contributed by atoms with Gasteiger partial charge in [0, 0.05) is 24.5 Å². The zero-order valence-electron chi connectivity index (χ0n) is 65.0. The molecule has 15 atom stereocenters. The lowest BCUT2D eigenvalue weighted by Crippen LogP contribution is -2.69. The van der Waals surface area contributed by atoms with Crippen molar-refractivity contribution in [3.8, 4) is 0 Å². The number of unbranched alkanes of at least 4 members (excludes halogenated alkanes) is 3. The minimum absolute atomic E-state index is 0.000329. The predicted molar refractivity (Wildman–Crippen MR) is 425 cm³/mol. The first-order valence-electron chi connectivity index (χ1n) is 39.2. The largest absolute Gasteiger partial charge is 0.459 e. The fourth-order valence-electron chi connectivity index (χ4n) is 13.5. The zero-order chi connectivity index (χ0) is 82.1. The topological polar surface area (TPSA) is 316 Å². The lowest BCUT2D eigenvalue weighted by atomic mass is 9.94. The van der Waals surface area contributed by atoms with Gasteiger partial charge in [-0.15, -0.1) is 0 Å². The molecule has 0 bridgehead atoms. The van der Waals surface area contributed by atoms with Crippen LogP contribution in [0.1, 0.15) is 115 Å². The van der Waals surface area contributed by atoms with Crippen LogP contribution >= 0.6 is 0 Å². The van der Waals surface area contributed by atoms with Gasteiger partial charge in [-0.3, -0.25) is 4.79 Å². The number of ether oxygens (including phenoxy) is 16. The molecule has 3 aliphatic rings. The van der Waals surface area contributed by atoms with E-state index in [4.69, 9.17) is 81.3 Å². The van der Waals surface area contributed by atoms with Gasteiger partial charge in [0.1, 0.15) is 61.7 Å². The van der Waals surface area contributed by atoms with Crippen LogP contribution in [0.4, 0.5) is 0 Å². The van der Waals surface area contributed by atoms with Crippen molar-refractivity contribution in [1.29, 1.82) is 0 Å². The quantitative estimate of drug-likeness (QED) is 0.00858. The lowest BCUT2D eigenvalue weighted by Gasteiger charge is -2.51. The van der Waals surface area contributed by atoms with Gasteiger partial charge in [0.05, 0.1) is 61.7 Å². The monoisotopic (exact) mass is 1610 g/mol. The number of carbonyl (C=O) groups excluding carboxylic acids is 7. The summed E-state index contributed by atoms with van der Waals surface area (Å²) in [5.41, 5.74) is 12.4. The normalized spacial score (nSPS) is 22.7. The van der Waals surface area contributed by atoms with Crippen molar-refractivity contribution >= 4 is 41.6 Å². The summed E-state index contributed by atoms with van der Waals surface area (Å²) in [6.07, 6.45) is -24.6. The molecule has 0 aliphatic carbocycles. The molecule has 0 N–H and O–H groups in total. The Morgan fingerprint density at radius 1 is 0.347 bits per heavy atom. The Morgan fingerprint density at radius 2 is 0.729 bits per heavy atom. The fraction of sp³-hybridized carbons (Fsp3) is 0.337. The maximum atomic E-state index is 16.0. The molecule has 0 unspecified atom stereocenters. The SMILES string of the molecule is CC(=O)CCC(=O)O[C@H]1[C@H](OCc2ccccc2)[C@@H](OC(=O)c2ccccc2)[C@H](O[C@@H]2[C@@H](OC(=O)c3ccccc3)[C@H](O[C@H]3[C@H](OCc4ccccc4)[C@@H](OC(=O)c4ccccc4)[C@H](OCCCCCCN=[N+]=[N-])O[C@@H]3COCc3ccccc3)O[C@H](C(=O)OCc3ccccc3)[C@H]2OCc2ccccc2)O[C@@H]1COC(=O)c1ccccc1. The summed E-state index contributed by atoms with van der Waals surface area (Å²) in [5.74, 6) is -5.95. The van der Waals surface area contributed by atoms with Gasteiger partial charge in [-0.2, -0.15) is 0 Å². The Kier molecular flexibility index (Phi) is 32.8. The first-order valence-corrected chi connectivity index (χ1v) is 39.2.